The molecular weight excluding hydrogens is 330 g/mol. The lowest BCUT2D eigenvalue weighted by atomic mass is 10.2. The highest BCUT2D eigenvalue weighted by atomic mass is 15.1. The van der Waals surface area contributed by atoms with E-state index in [4.69, 9.17) is 4.98 Å². The van der Waals surface area contributed by atoms with Crippen LogP contribution in [0.4, 0.5) is 0 Å². The monoisotopic (exact) mass is 363 g/mol. The Kier molecular flexibility index (Phi) is 7.46. The van der Waals surface area contributed by atoms with Gasteiger partial charge in [-0.05, 0) is 63.0 Å². The third-order valence-corrected chi connectivity index (χ3v) is 5.12. The molecule has 0 amide bonds. The lowest BCUT2D eigenvalue weighted by molar-refractivity contribution is 0.269. The Morgan fingerprint density at radius 2 is 1.52 bits per heavy atom. The molecule has 0 saturated heterocycles. The van der Waals surface area contributed by atoms with Crippen molar-refractivity contribution in [2.75, 3.05) is 19.6 Å². The second-order valence-electron chi connectivity index (χ2n) is 7.39. The molecule has 144 valence electrons. The molecule has 0 aliphatic carbocycles. The van der Waals surface area contributed by atoms with E-state index in [-0.39, 0.29) is 0 Å². The van der Waals surface area contributed by atoms with Gasteiger partial charge < -0.3 is 9.47 Å². The topological polar surface area (TPSA) is 21.1 Å². The number of imidazole rings is 1. The first-order valence-electron chi connectivity index (χ1n) is 10.5. The molecule has 3 aromatic rings. The fourth-order valence-electron chi connectivity index (χ4n) is 3.85. The number of fused-ring (bicyclic) bond motifs is 1. The van der Waals surface area contributed by atoms with Crippen LogP contribution in [0, 0.1) is 0 Å². The molecule has 0 aliphatic heterocycles. The van der Waals surface area contributed by atoms with Gasteiger partial charge in [-0.15, -0.1) is 0 Å². The van der Waals surface area contributed by atoms with Gasteiger partial charge >= 0.3 is 0 Å². The van der Waals surface area contributed by atoms with Gasteiger partial charge in [0.2, 0.25) is 0 Å². The molecule has 0 aliphatic rings. The Labute approximate surface area is 164 Å². The largest absolute Gasteiger partial charge is 0.323 e. The Hall–Kier alpha value is -2.13. The lowest BCUT2D eigenvalue weighted by Crippen LogP contribution is -2.26. The molecule has 2 aromatic carbocycles. The Balaban J connectivity index is 1.67. The molecule has 3 nitrogen and oxygen atoms in total. The summed E-state index contributed by atoms with van der Waals surface area (Å²) in [5, 5.41) is 0. The molecule has 0 bridgehead atoms. The van der Waals surface area contributed by atoms with E-state index in [2.05, 4.69) is 77.9 Å². The average Bonchev–Trinajstić information content (AvgIpc) is 3.04. The molecule has 0 spiro atoms. The minimum absolute atomic E-state index is 0.897. The van der Waals surface area contributed by atoms with E-state index >= 15 is 0 Å². The summed E-state index contributed by atoms with van der Waals surface area (Å²) in [5.41, 5.74) is 3.69. The van der Waals surface area contributed by atoms with Crippen LogP contribution in [-0.4, -0.2) is 34.1 Å². The number of rotatable bonds is 11. The van der Waals surface area contributed by atoms with Crippen LogP contribution in [0.15, 0.2) is 54.6 Å². The summed E-state index contributed by atoms with van der Waals surface area (Å²) < 4.78 is 2.40. The maximum absolute atomic E-state index is 4.95. The van der Waals surface area contributed by atoms with Gasteiger partial charge in [0.25, 0.3) is 0 Å². The van der Waals surface area contributed by atoms with Gasteiger partial charge in [0.05, 0.1) is 11.0 Å². The van der Waals surface area contributed by atoms with Crippen molar-refractivity contribution in [1.29, 1.82) is 0 Å². The van der Waals surface area contributed by atoms with Crippen molar-refractivity contribution in [3.05, 3.63) is 66.0 Å². The summed E-state index contributed by atoms with van der Waals surface area (Å²) in [6, 6.07) is 19.2. The molecule has 0 N–H and O–H groups in total. The zero-order valence-electron chi connectivity index (χ0n) is 16.9. The van der Waals surface area contributed by atoms with E-state index in [0.29, 0.717) is 0 Å². The molecule has 0 atom stereocenters. The number of hydrogen-bond donors (Lipinski definition) is 0. The predicted molar refractivity (Wildman–Crippen MR) is 115 cm³/mol. The smallest absolute Gasteiger partial charge is 0.110 e. The molecule has 0 unspecified atom stereocenters. The second kappa shape index (κ2) is 10.3. The molecule has 3 rings (SSSR count). The molecule has 0 fully saturated rings. The van der Waals surface area contributed by atoms with E-state index in [1.165, 1.54) is 62.2 Å². The van der Waals surface area contributed by atoms with E-state index in [0.717, 1.165) is 18.5 Å². The van der Waals surface area contributed by atoms with E-state index < -0.39 is 0 Å². The standard InChI is InChI=1S/C24H33N3/c1-3-17-26(18-4-2)19-11-10-16-24-25-22-14-8-9-15-23(22)27(24)20-21-12-6-5-7-13-21/h5-9,12-15H,3-4,10-11,16-20H2,1-2H3. The van der Waals surface area contributed by atoms with Crippen molar-refractivity contribution >= 4 is 11.0 Å². The molecular formula is C24H33N3. The van der Waals surface area contributed by atoms with Crippen molar-refractivity contribution in [2.45, 2.75) is 52.5 Å². The van der Waals surface area contributed by atoms with Crippen LogP contribution in [0.25, 0.3) is 11.0 Å². The van der Waals surface area contributed by atoms with Gasteiger partial charge in [0.1, 0.15) is 5.82 Å². The van der Waals surface area contributed by atoms with Crippen LogP contribution in [0.1, 0.15) is 50.9 Å². The van der Waals surface area contributed by atoms with Gasteiger partial charge in [0, 0.05) is 13.0 Å². The maximum atomic E-state index is 4.95. The summed E-state index contributed by atoms with van der Waals surface area (Å²) in [6.45, 7) is 9.10. The summed E-state index contributed by atoms with van der Waals surface area (Å²) in [5.74, 6) is 1.22. The predicted octanol–water partition coefficient (Wildman–Crippen LogP) is 5.53. The number of aryl methyl sites for hydroxylation is 1. The maximum Gasteiger partial charge on any atom is 0.110 e. The number of para-hydroxylation sites is 2. The Morgan fingerprint density at radius 1 is 0.815 bits per heavy atom. The van der Waals surface area contributed by atoms with Gasteiger partial charge in [-0.2, -0.15) is 0 Å². The van der Waals surface area contributed by atoms with E-state index in [9.17, 15) is 0 Å². The van der Waals surface area contributed by atoms with Crippen molar-refractivity contribution in [3.63, 3.8) is 0 Å². The third-order valence-electron chi connectivity index (χ3n) is 5.12. The summed E-state index contributed by atoms with van der Waals surface area (Å²) in [7, 11) is 0. The minimum Gasteiger partial charge on any atom is -0.323 e. The fraction of sp³-hybridized carbons (Fsp3) is 0.458. The molecule has 1 aromatic heterocycles. The average molecular weight is 364 g/mol. The van der Waals surface area contributed by atoms with Crippen LogP contribution in [0.2, 0.25) is 0 Å². The van der Waals surface area contributed by atoms with Crippen LogP contribution >= 0.6 is 0 Å². The van der Waals surface area contributed by atoms with Gasteiger partial charge in [-0.1, -0.05) is 56.3 Å². The SMILES string of the molecule is CCCN(CCC)CCCCc1nc2ccccc2n1Cc1ccccc1. The minimum atomic E-state index is 0.897. The number of hydrogen-bond acceptors (Lipinski definition) is 2. The summed E-state index contributed by atoms with van der Waals surface area (Å²) in [6.07, 6.45) is 5.98. The number of unbranched alkanes of at least 4 members (excludes halogenated alkanes) is 1. The summed E-state index contributed by atoms with van der Waals surface area (Å²) >= 11 is 0. The van der Waals surface area contributed by atoms with Crippen molar-refractivity contribution in [1.82, 2.24) is 14.5 Å². The number of nitrogens with zero attached hydrogens (tertiary/aromatic N) is 3. The second-order valence-corrected chi connectivity index (χ2v) is 7.39. The normalized spacial score (nSPS) is 11.5. The van der Waals surface area contributed by atoms with Crippen molar-refractivity contribution in [2.24, 2.45) is 0 Å². The lowest BCUT2D eigenvalue weighted by Gasteiger charge is -2.20. The van der Waals surface area contributed by atoms with Crippen LogP contribution < -0.4 is 0 Å². The van der Waals surface area contributed by atoms with Crippen LogP contribution in [-0.2, 0) is 13.0 Å². The molecule has 0 radical (unpaired) electrons. The van der Waals surface area contributed by atoms with Gasteiger partial charge in [0.15, 0.2) is 0 Å². The van der Waals surface area contributed by atoms with Gasteiger partial charge in [-0.25, -0.2) is 4.98 Å². The number of aromatic nitrogens is 2. The fourth-order valence-corrected chi connectivity index (χ4v) is 3.85. The van der Waals surface area contributed by atoms with Crippen molar-refractivity contribution < 1.29 is 0 Å². The highest BCUT2D eigenvalue weighted by molar-refractivity contribution is 5.76. The van der Waals surface area contributed by atoms with E-state index in [1.807, 2.05) is 0 Å². The molecule has 1 heterocycles. The van der Waals surface area contributed by atoms with Gasteiger partial charge in [-0.3, -0.25) is 0 Å². The highest BCUT2D eigenvalue weighted by Crippen LogP contribution is 2.19. The number of benzene rings is 2. The van der Waals surface area contributed by atoms with Crippen LogP contribution in [0.3, 0.4) is 0 Å². The molecule has 3 heteroatoms. The Bertz CT molecular complexity index is 801. The molecule has 0 saturated carbocycles. The third kappa shape index (κ3) is 5.43. The zero-order valence-corrected chi connectivity index (χ0v) is 16.9. The quantitative estimate of drug-likeness (QED) is 0.418. The van der Waals surface area contributed by atoms with Crippen LogP contribution in [0.5, 0.6) is 0 Å². The first kappa shape index (κ1) is 19.6. The zero-order chi connectivity index (χ0) is 18.9. The first-order valence-corrected chi connectivity index (χ1v) is 10.5. The highest BCUT2D eigenvalue weighted by Gasteiger charge is 2.11. The van der Waals surface area contributed by atoms with Crippen molar-refractivity contribution in [3.8, 4) is 0 Å². The molecule has 27 heavy (non-hydrogen) atoms. The Morgan fingerprint density at radius 3 is 2.26 bits per heavy atom. The van der Waals surface area contributed by atoms with E-state index in [1.54, 1.807) is 0 Å². The first-order chi connectivity index (χ1) is 13.3. The summed E-state index contributed by atoms with van der Waals surface area (Å²) in [4.78, 5) is 7.55.